The summed E-state index contributed by atoms with van der Waals surface area (Å²) in [6, 6.07) is 27.6. The van der Waals surface area contributed by atoms with Gasteiger partial charge >= 0.3 is 0 Å². The van der Waals surface area contributed by atoms with E-state index in [0.29, 0.717) is 11.1 Å². The topological polar surface area (TPSA) is 61.4 Å². The van der Waals surface area contributed by atoms with E-state index in [1.807, 2.05) is 49.4 Å². The number of amides is 1. The molecule has 26 heavy (non-hydrogen) atoms. The lowest BCUT2D eigenvalue weighted by Gasteiger charge is -2.29. The molecule has 0 heterocycles. The smallest absolute Gasteiger partial charge is 0.275 e. The fourth-order valence-electron chi connectivity index (χ4n) is 2.88. The third-order valence-electron chi connectivity index (χ3n) is 4.41. The van der Waals surface area contributed by atoms with Crippen LogP contribution in [-0.4, -0.2) is 11.0 Å². The van der Waals surface area contributed by atoms with Gasteiger partial charge in [0.1, 0.15) is 0 Å². The van der Waals surface area contributed by atoms with Crippen molar-refractivity contribution in [3.05, 3.63) is 108 Å². The first-order valence-electron chi connectivity index (χ1n) is 8.56. The van der Waals surface area contributed by atoms with Crippen LogP contribution in [0.5, 0.6) is 0 Å². The van der Waals surface area contributed by atoms with Gasteiger partial charge in [0, 0.05) is 6.04 Å². The molecule has 0 saturated heterocycles. The van der Waals surface area contributed by atoms with Crippen LogP contribution in [-0.2, 0) is 10.4 Å². The molecule has 0 saturated carbocycles. The summed E-state index contributed by atoms with van der Waals surface area (Å²) in [6.07, 6.45) is 0. The van der Waals surface area contributed by atoms with Gasteiger partial charge in [-0.15, -0.1) is 0 Å². The summed E-state index contributed by atoms with van der Waals surface area (Å²) in [5.41, 5.74) is 5.94. The summed E-state index contributed by atoms with van der Waals surface area (Å²) in [7, 11) is 0. The van der Waals surface area contributed by atoms with E-state index in [4.69, 9.17) is 0 Å². The number of aliphatic hydroxyl groups is 1. The molecule has 132 valence electrons. The van der Waals surface area contributed by atoms with Crippen LogP contribution < -0.4 is 10.9 Å². The van der Waals surface area contributed by atoms with E-state index in [1.54, 1.807) is 48.5 Å². The lowest BCUT2D eigenvalue weighted by molar-refractivity contribution is -0.138. The van der Waals surface area contributed by atoms with Gasteiger partial charge in [0.2, 0.25) is 0 Å². The first kappa shape index (κ1) is 17.9. The number of hydrogen-bond acceptors (Lipinski definition) is 3. The predicted octanol–water partition coefficient (Wildman–Crippen LogP) is 3.30. The normalized spacial score (nSPS) is 12.4. The van der Waals surface area contributed by atoms with E-state index in [-0.39, 0.29) is 6.04 Å². The molecule has 4 nitrogen and oxygen atoms in total. The third-order valence-corrected chi connectivity index (χ3v) is 4.41. The summed E-state index contributed by atoms with van der Waals surface area (Å²) in [5.74, 6) is -0.530. The molecule has 1 atom stereocenters. The highest BCUT2D eigenvalue weighted by Crippen LogP contribution is 2.29. The summed E-state index contributed by atoms with van der Waals surface area (Å²) < 4.78 is 0. The van der Waals surface area contributed by atoms with Crippen LogP contribution in [0.25, 0.3) is 0 Å². The molecule has 3 aromatic rings. The monoisotopic (exact) mass is 346 g/mol. The maximum absolute atomic E-state index is 13.0. The van der Waals surface area contributed by atoms with E-state index in [0.717, 1.165) is 5.56 Å². The Balaban J connectivity index is 1.85. The SMILES string of the molecule is C[C@@H](NNC(=O)C(O)(c1ccccc1)c1ccccc1)c1ccccc1. The maximum atomic E-state index is 13.0. The number of nitrogens with one attached hydrogen (secondary N) is 2. The highest BCUT2D eigenvalue weighted by molar-refractivity contribution is 5.89. The second kappa shape index (κ2) is 7.95. The minimum atomic E-state index is -1.79. The van der Waals surface area contributed by atoms with E-state index in [2.05, 4.69) is 10.9 Å². The van der Waals surface area contributed by atoms with Crippen molar-refractivity contribution in [3.8, 4) is 0 Å². The predicted molar refractivity (Wildman–Crippen MR) is 102 cm³/mol. The van der Waals surface area contributed by atoms with Gasteiger partial charge in [-0.05, 0) is 23.6 Å². The molecule has 0 fully saturated rings. The molecule has 0 radical (unpaired) electrons. The number of hydrazine groups is 1. The van der Waals surface area contributed by atoms with Gasteiger partial charge in [-0.25, -0.2) is 5.43 Å². The Bertz CT molecular complexity index is 796. The molecule has 0 spiro atoms. The molecule has 0 unspecified atom stereocenters. The first-order valence-corrected chi connectivity index (χ1v) is 8.56. The van der Waals surface area contributed by atoms with Crippen LogP contribution in [0.15, 0.2) is 91.0 Å². The van der Waals surface area contributed by atoms with Gasteiger partial charge in [0.25, 0.3) is 5.91 Å². The molecule has 1 amide bonds. The molecular weight excluding hydrogens is 324 g/mol. The zero-order valence-electron chi connectivity index (χ0n) is 14.6. The number of carbonyl (C=O) groups is 1. The van der Waals surface area contributed by atoms with Crippen molar-refractivity contribution in [3.63, 3.8) is 0 Å². The molecule has 0 aliphatic rings. The van der Waals surface area contributed by atoms with Gasteiger partial charge < -0.3 is 5.11 Å². The van der Waals surface area contributed by atoms with E-state index in [9.17, 15) is 9.90 Å². The molecule has 3 N–H and O–H groups in total. The largest absolute Gasteiger partial charge is 0.372 e. The van der Waals surface area contributed by atoms with Gasteiger partial charge in [0.05, 0.1) is 0 Å². The number of hydrogen-bond donors (Lipinski definition) is 3. The zero-order valence-corrected chi connectivity index (χ0v) is 14.6. The van der Waals surface area contributed by atoms with Crippen LogP contribution in [0.1, 0.15) is 29.7 Å². The van der Waals surface area contributed by atoms with E-state index in [1.165, 1.54) is 0 Å². The van der Waals surface area contributed by atoms with E-state index < -0.39 is 11.5 Å². The van der Waals surface area contributed by atoms with Crippen LogP contribution in [0, 0.1) is 0 Å². The van der Waals surface area contributed by atoms with Crippen molar-refractivity contribution in [2.75, 3.05) is 0 Å². The van der Waals surface area contributed by atoms with Crippen molar-refractivity contribution >= 4 is 5.91 Å². The highest BCUT2D eigenvalue weighted by Gasteiger charge is 2.39. The minimum Gasteiger partial charge on any atom is -0.372 e. The minimum absolute atomic E-state index is 0.101. The fraction of sp³-hybridized carbons (Fsp3) is 0.136. The van der Waals surface area contributed by atoms with Crippen LogP contribution in [0.3, 0.4) is 0 Å². The average Bonchev–Trinajstić information content (AvgIpc) is 2.73. The highest BCUT2D eigenvalue weighted by atomic mass is 16.3. The Morgan fingerprint density at radius 2 is 1.23 bits per heavy atom. The van der Waals surface area contributed by atoms with Gasteiger partial charge in [-0.3, -0.25) is 10.2 Å². The lowest BCUT2D eigenvalue weighted by atomic mass is 9.85. The Kier molecular flexibility index (Phi) is 5.46. The molecule has 3 rings (SSSR count). The first-order chi connectivity index (χ1) is 12.6. The van der Waals surface area contributed by atoms with Gasteiger partial charge in [0.15, 0.2) is 5.60 Å². The zero-order chi connectivity index (χ0) is 18.4. The number of carbonyl (C=O) groups excluding carboxylic acids is 1. The van der Waals surface area contributed by atoms with Crippen molar-refractivity contribution in [1.29, 1.82) is 0 Å². The van der Waals surface area contributed by atoms with Gasteiger partial charge in [-0.2, -0.15) is 0 Å². The Hall–Kier alpha value is -2.95. The Labute approximate surface area is 153 Å². The summed E-state index contributed by atoms with van der Waals surface area (Å²) in [6.45, 7) is 1.94. The van der Waals surface area contributed by atoms with Gasteiger partial charge in [-0.1, -0.05) is 91.0 Å². The van der Waals surface area contributed by atoms with Crippen molar-refractivity contribution in [2.24, 2.45) is 0 Å². The summed E-state index contributed by atoms with van der Waals surface area (Å²) in [4.78, 5) is 13.0. The second-order valence-electron chi connectivity index (χ2n) is 6.17. The lowest BCUT2D eigenvalue weighted by Crippen LogP contribution is -2.51. The average molecular weight is 346 g/mol. The molecule has 0 aliphatic heterocycles. The third kappa shape index (κ3) is 3.67. The van der Waals surface area contributed by atoms with Crippen LogP contribution in [0.4, 0.5) is 0 Å². The van der Waals surface area contributed by atoms with Crippen molar-refractivity contribution < 1.29 is 9.90 Å². The number of benzene rings is 3. The Morgan fingerprint density at radius 1 is 0.808 bits per heavy atom. The van der Waals surface area contributed by atoms with Crippen molar-refractivity contribution in [2.45, 2.75) is 18.6 Å². The molecule has 0 aromatic heterocycles. The van der Waals surface area contributed by atoms with Crippen LogP contribution >= 0.6 is 0 Å². The molecule has 0 aliphatic carbocycles. The fourth-order valence-corrected chi connectivity index (χ4v) is 2.88. The summed E-state index contributed by atoms with van der Waals surface area (Å²) >= 11 is 0. The molecule has 0 bridgehead atoms. The van der Waals surface area contributed by atoms with Crippen LogP contribution in [0.2, 0.25) is 0 Å². The molecular formula is C22H22N2O2. The summed E-state index contributed by atoms with van der Waals surface area (Å²) in [5, 5.41) is 11.4. The standard InChI is InChI=1S/C22H22N2O2/c1-17(18-11-5-2-6-12-18)23-24-21(25)22(26,19-13-7-3-8-14-19)20-15-9-4-10-16-20/h2-17,23,26H,1H3,(H,24,25)/t17-/m1/s1. The maximum Gasteiger partial charge on any atom is 0.275 e. The molecule has 3 aromatic carbocycles. The Morgan fingerprint density at radius 3 is 1.69 bits per heavy atom. The second-order valence-corrected chi connectivity index (χ2v) is 6.17. The quantitative estimate of drug-likeness (QED) is 0.600. The number of rotatable bonds is 6. The molecule has 4 heteroatoms. The van der Waals surface area contributed by atoms with E-state index >= 15 is 0 Å². The van der Waals surface area contributed by atoms with Crippen molar-refractivity contribution in [1.82, 2.24) is 10.9 Å².